The largest absolute Gasteiger partial charge is 0.352 e. The first kappa shape index (κ1) is 24.4. The van der Waals surface area contributed by atoms with Crippen LogP contribution in [0.5, 0.6) is 0 Å². The number of amides is 1. The maximum absolute atomic E-state index is 12.8. The van der Waals surface area contributed by atoms with Crippen LogP contribution in [0.1, 0.15) is 42.4 Å². The molecule has 0 bridgehead atoms. The number of rotatable bonds is 8. The second-order valence-electron chi connectivity index (χ2n) is 9.08. The zero-order valence-corrected chi connectivity index (χ0v) is 21.3. The quantitative estimate of drug-likeness (QED) is 0.558. The van der Waals surface area contributed by atoms with E-state index in [9.17, 15) is 13.2 Å². The Morgan fingerprint density at radius 1 is 0.939 bits per heavy atom. The van der Waals surface area contributed by atoms with Crippen LogP contribution in [-0.4, -0.2) is 49.7 Å². The number of benzene rings is 2. The fourth-order valence-corrected chi connectivity index (χ4v) is 6.62. The molecule has 0 radical (unpaired) electrons. The van der Waals surface area contributed by atoms with Gasteiger partial charge >= 0.3 is 0 Å². The lowest BCUT2D eigenvalue weighted by Gasteiger charge is -2.30. The van der Waals surface area contributed by atoms with Crippen LogP contribution in [0.25, 0.3) is 0 Å². The van der Waals surface area contributed by atoms with Gasteiger partial charge in [-0.1, -0.05) is 52.3 Å². The molecule has 2 heterocycles. The number of likely N-dealkylation sites (tertiary alicyclic amines) is 1. The summed E-state index contributed by atoms with van der Waals surface area (Å²) >= 11 is 3.39. The Morgan fingerprint density at radius 3 is 2.27 bits per heavy atom. The average Bonchev–Trinajstić information content (AvgIpc) is 3.31. The van der Waals surface area contributed by atoms with Crippen molar-refractivity contribution < 1.29 is 13.2 Å². The van der Waals surface area contributed by atoms with Gasteiger partial charge in [-0.2, -0.15) is 0 Å². The van der Waals surface area contributed by atoms with Crippen molar-refractivity contribution in [2.24, 2.45) is 5.92 Å². The maximum Gasteiger partial charge on any atom is 0.223 e. The third kappa shape index (κ3) is 6.88. The third-order valence-electron chi connectivity index (χ3n) is 6.55. The van der Waals surface area contributed by atoms with Crippen molar-refractivity contribution in [1.82, 2.24) is 14.5 Å². The average molecular weight is 535 g/mol. The van der Waals surface area contributed by atoms with Crippen molar-refractivity contribution in [2.75, 3.05) is 26.2 Å². The van der Waals surface area contributed by atoms with Crippen LogP contribution in [-0.2, 0) is 33.7 Å². The number of hydrogen-bond donors (Lipinski definition) is 1. The van der Waals surface area contributed by atoms with Crippen molar-refractivity contribution in [3.63, 3.8) is 0 Å². The molecule has 0 unspecified atom stereocenters. The van der Waals surface area contributed by atoms with Gasteiger partial charge in [0.1, 0.15) is 0 Å². The predicted octanol–water partition coefficient (Wildman–Crippen LogP) is 3.90. The smallest absolute Gasteiger partial charge is 0.223 e. The molecule has 4 rings (SSSR count). The minimum absolute atomic E-state index is 0.0141. The number of nitrogens with one attached hydrogen (secondary N) is 1. The minimum Gasteiger partial charge on any atom is -0.352 e. The molecule has 2 aliphatic heterocycles. The molecular formula is C25H32BrN3O3S. The van der Waals surface area contributed by atoms with Gasteiger partial charge in [-0.15, -0.1) is 0 Å². The number of sulfonamides is 1. The first-order valence-corrected chi connectivity index (χ1v) is 14.1. The highest BCUT2D eigenvalue weighted by molar-refractivity contribution is 9.10. The Hall–Kier alpha value is -1.74. The lowest BCUT2D eigenvalue weighted by atomic mass is 9.97. The molecule has 8 heteroatoms. The van der Waals surface area contributed by atoms with E-state index in [2.05, 4.69) is 50.4 Å². The summed E-state index contributed by atoms with van der Waals surface area (Å²) in [6.07, 6.45) is 3.69. The fourth-order valence-electron chi connectivity index (χ4n) is 4.62. The van der Waals surface area contributed by atoms with Gasteiger partial charge in [-0.05, 0) is 67.6 Å². The first-order chi connectivity index (χ1) is 15.9. The second kappa shape index (κ2) is 11.1. The summed E-state index contributed by atoms with van der Waals surface area (Å²) in [6, 6.07) is 15.8. The van der Waals surface area contributed by atoms with Gasteiger partial charge in [0.05, 0.1) is 5.75 Å². The number of carbonyl (C=O) groups excluding carboxylic acids is 1. The van der Waals surface area contributed by atoms with Gasteiger partial charge in [0.2, 0.25) is 15.9 Å². The van der Waals surface area contributed by atoms with Crippen molar-refractivity contribution in [3.05, 3.63) is 69.7 Å². The molecule has 1 N–H and O–H groups in total. The monoisotopic (exact) mass is 533 g/mol. The van der Waals surface area contributed by atoms with E-state index in [0.29, 0.717) is 32.5 Å². The highest BCUT2D eigenvalue weighted by atomic mass is 79.9. The van der Waals surface area contributed by atoms with Crippen LogP contribution in [0.2, 0.25) is 0 Å². The Kier molecular flexibility index (Phi) is 8.22. The number of halogens is 1. The van der Waals surface area contributed by atoms with Gasteiger partial charge < -0.3 is 5.32 Å². The molecule has 0 aliphatic carbocycles. The van der Waals surface area contributed by atoms with Crippen LogP contribution >= 0.6 is 15.9 Å². The summed E-state index contributed by atoms with van der Waals surface area (Å²) in [5.41, 5.74) is 3.15. The summed E-state index contributed by atoms with van der Waals surface area (Å²) < 4.78 is 28.0. The van der Waals surface area contributed by atoms with E-state index in [1.54, 1.807) is 0 Å². The summed E-state index contributed by atoms with van der Waals surface area (Å²) in [5.74, 6) is -0.145. The van der Waals surface area contributed by atoms with Crippen molar-refractivity contribution in [2.45, 2.75) is 44.5 Å². The highest BCUT2D eigenvalue weighted by Gasteiger charge is 2.31. The number of nitrogens with zero attached hydrogens (tertiary/aromatic N) is 2. The fraction of sp³-hybridized carbons (Fsp3) is 0.480. The molecule has 2 aliphatic rings. The van der Waals surface area contributed by atoms with E-state index in [1.807, 2.05) is 24.3 Å². The molecule has 2 aromatic rings. The Labute approximate surface area is 205 Å². The molecule has 33 heavy (non-hydrogen) atoms. The molecule has 0 aromatic heterocycles. The van der Waals surface area contributed by atoms with Crippen molar-refractivity contribution in [1.29, 1.82) is 0 Å². The van der Waals surface area contributed by atoms with E-state index >= 15 is 0 Å². The van der Waals surface area contributed by atoms with E-state index in [1.165, 1.54) is 35.8 Å². The van der Waals surface area contributed by atoms with Gasteiger partial charge in [-0.25, -0.2) is 12.7 Å². The second-order valence-corrected chi connectivity index (χ2v) is 12.0. The van der Waals surface area contributed by atoms with Crippen LogP contribution in [0.4, 0.5) is 0 Å². The van der Waals surface area contributed by atoms with Crippen molar-refractivity contribution >= 4 is 31.9 Å². The molecule has 2 fully saturated rings. The third-order valence-corrected chi connectivity index (χ3v) is 8.89. The van der Waals surface area contributed by atoms with E-state index in [0.717, 1.165) is 22.1 Å². The van der Waals surface area contributed by atoms with E-state index < -0.39 is 10.0 Å². The van der Waals surface area contributed by atoms with Gasteiger partial charge in [0.15, 0.2) is 0 Å². The topological polar surface area (TPSA) is 69.7 Å². The summed E-state index contributed by atoms with van der Waals surface area (Å²) in [7, 11) is -3.39. The Morgan fingerprint density at radius 2 is 1.61 bits per heavy atom. The van der Waals surface area contributed by atoms with E-state index in [4.69, 9.17) is 0 Å². The number of hydrogen-bond acceptors (Lipinski definition) is 4. The van der Waals surface area contributed by atoms with Gasteiger partial charge in [-0.3, -0.25) is 9.69 Å². The molecule has 2 saturated heterocycles. The summed E-state index contributed by atoms with van der Waals surface area (Å²) in [6.45, 7) is 4.64. The molecule has 2 aromatic carbocycles. The zero-order valence-electron chi connectivity index (χ0n) is 18.9. The number of piperidine rings is 1. The van der Waals surface area contributed by atoms with E-state index in [-0.39, 0.29) is 17.6 Å². The van der Waals surface area contributed by atoms with Crippen LogP contribution in [0, 0.1) is 5.92 Å². The molecule has 1 amide bonds. The molecule has 0 atom stereocenters. The minimum atomic E-state index is -3.39. The van der Waals surface area contributed by atoms with Crippen LogP contribution in [0.15, 0.2) is 53.0 Å². The normalized spacial score (nSPS) is 18.5. The van der Waals surface area contributed by atoms with Gasteiger partial charge in [0, 0.05) is 36.6 Å². The molecule has 6 nitrogen and oxygen atoms in total. The molecular weight excluding hydrogens is 502 g/mol. The standard InChI is InChI=1S/C25H32BrN3O3S/c26-24-5-3-4-22(16-24)19-33(31,32)29-14-10-23(11-15-29)25(30)27-17-20-6-8-21(9-7-20)18-28-12-1-2-13-28/h3-9,16,23H,1-2,10-15,17-19H2,(H,27,30). The van der Waals surface area contributed by atoms with Crippen LogP contribution < -0.4 is 5.32 Å². The first-order valence-electron chi connectivity index (χ1n) is 11.7. The van der Waals surface area contributed by atoms with Crippen molar-refractivity contribution in [3.8, 4) is 0 Å². The lowest BCUT2D eigenvalue weighted by Crippen LogP contribution is -2.43. The van der Waals surface area contributed by atoms with Crippen LogP contribution in [0.3, 0.4) is 0 Å². The highest BCUT2D eigenvalue weighted by Crippen LogP contribution is 2.23. The Bertz CT molecular complexity index is 1040. The molecule has 0 spiro atoms. The summed E-state index contributed by atoms with van der Waals surface area (Å²) in [4.78, 5) is 15.1. The number of carbonyl (C=O) groups is 1. The molecule has 178 valence electrons. The predicted molar refractivity (Wildman–Crippen MR) is 134 cm³/mol. The van der Waals surface area contributed by atoms with Gasteiger partial charge in [0.25, 0.3) is 0 Å². The molecule has 0 saturated carbocycles. The SMILES string of the molecule is O=C(NCc1ccc(CN2CCCC2)cc1)C1CCN(S(=O)(=O)Cc2cccc(Br)c2)CC1. The zero-order chi connectivity index (χ0) is 23.3. The Balaban J connectivity index is 1.22. The lowest BCUT2D eigenvalue weighted by molar-refractivity contribution is -0.126. The maximum atomic E-state index is 12.8. The summed E-state index contributed by atoms with van der Waals surface area (Å²) in [5, 5.41) is 3.04.